The Hall–Kier alpha value is -6.16. The zero-order valence-corrected chi connectivity index (χ0v) is 27.3. The van der Waals surface area contributed by atoms with Gasteiger partial charge in [-0.1, -0.05) is 146 Å². The first-order chi connectivity index (χ1) is 24.3. The second-order valence-corrected chi connectivity index (χ2v) is 13.6. The second kappa shape index (κ2) is 11.2. The van der Waals surface area contributed by atoms with Crippen molar-refractivity contribution in [3.63, 3.8) is 0 Å². The van der Waals surface area contributed by atoms with Crippen molar-refractivity contribution in [1.29, 1.82) is 0 Å². The van der Waals surface area contributed by atoms with Crippen molar-refractivity contribution in [2.24, 2.45) is 0 Å². The van der Waals surface area contributed by atoms with Crippen molar-refractivity contribution in [2.45, 2.75) is 0 Å². The van der Waals surface area contributed by atoms with Gasteiger partial charge >= 0.3 is 0 Å². The van der Waals surface area contributed by atoms with Crippen LogP contribution in [0.3, 0.4) is 0 Å². The Morgan fingerprint density at radius 2 is 0.796 bits per heavy atom. The first-order valence-corrected chi connectivity index (χ1v) is 17.4. The van der Waals surface area contributed by atoms with Gasteiger partial charge in [0.2, 0.25) is 0 Å². The summed E-state index contributed by atoms with van der Waals surface area (Å²) in [4.78, 5) is 10.5. The minimum absolute atomic E-state index is 0.733. The van der Waals surface area contributed by atoms with Crippen molar-refractivity contribution >= 4 is 63.8 Å². The topological polar surface area (TPSA) is 25.8 Å². The van der Waals surface area contributed by atoms with E-state index in [2.05, 4.69) is 158 Å². The molecule has 0 bridgehead atoms. The summed E-state index contributed by atoms with van der Waals surface area (Å²) in [6, 6.07) is 60.7. The molecule has 0 radical (unpaired) electrons. The fourth-order valence-electron chi connectivity index (χ4n) is 7.45. The molecule has 0 saturated carbocycles. The highest BCUT2D eigenvalue weighted by atomic mass is 32.1. The van der Waals surface area contributed by atoms with E-state index in [-0.39, 0.29) is 0 Å². The SMILES string of the molecule is c1ccc(-c2cc(-c3ccccc3)nc(-c3cccc4sc5cccc(-c6ccc7c8ccccc8c8ccccc8c7c6)c5c34)n2)cc1. The lowest BCUT2D eigenvalue weighted by atomic mass is 9.91. The van der Waals surface area contributed by atoms with E-state index < -0.39 is 0 Å². The van der Waals surface area contributed by atoms with Crippen molar-refractivity contribution < 1.29 is 0 Å². The summed E-state index contributed by atoms with van der Waals surface area (Å²) >= 11 is 1.83. The Bertz CT molecular complexity index is 2780. The maximum atomic E-state index is 5.24. The summed E-state index contributed by atoms with van der Waals surface area (Å²) in [5.74, 6) is 0.733. The average molecular weight is 641 g/mol. The summed E-state index contributed by atoms with van der Waals surface area (Å²) in [7, 11) is 0. The van der Waals surface area contributed by atoms with E-state index in [1.165, 1.54) is 63.6 Å². The third-order valence-electron chi connectivity index (χ3n) is 9.68. The van der Waals surface area contributed by atoms with Gasteiger partial charge in [0.1, 0.15) is 0 Å². The molecule has 0 saturated heterocycles. The summed E-state index contributed by atoms with van der Waals surface area (Å²) in [6.45, 7) is 0. The first-order valence-electron chi connectivity index (χ1n) is 16.6. The van der Waals surface area contributed by atoms with Gasteiger partial charge < -0.3 is 0 Å². The number of aromatic nitrogens is 2. The van der Waals surface area contributed by atoms with Crippen molar-refractivity contribution in [1.82, 2.24) is 9.97 Å². The number of hydrogen-bond acceptors (Lipinski definition) is 3. The Kier molecular flexibility index (Phi) is 6.39. The molecule has 0 N–H and O–H groups in total. The number of thiophene rings is 1. The second-order valence-electron chi connectivity index (χ2n) is 12.5. The highest BCUT2D eigenvalue weighted by Gasteiger charge is 2.19. The number of rotatable bonds is 4. The molecule has 3 heteroatoms. The van der Waals surface area contributed by atoms with Crippen LogP contribution in [0.4, 0.5) is 0 Å². The predicted molar refractivity (Wildman–Crippen MR) is 209 cm³/mol. The van der Waals surface area contributed by atoms with E-state index in [1.54, 1.807) is 0 Å². The average Bonchev–Trinajstić information content (AvgIpc) is 3.58. The van der Waals surface area contributed by atoms with Gasteiger partial charge in [-0.25, -0.2) is 9.97 Å². The Morgan fingerprint density at radius 3 is 1.37 bits per heavy atom. The highest BCUT2D eigenvalue weighted by Crippen LogP contribution is 2.45. The van der Waals surface area contributed by atoms with Crippen LogP contribution < -0.4 is 0 Å². The van der Waals surface area contributed by atoms with Crippen LogP contribution in [0, 0.1) is 0 Å². The molecule has 0 unspecified atom stereocenters. The standard InChI is InChI=1S/C46H28N2S/c1-3-13-29(14-4-1)40-28-41(30-15-5-2-6-16-30)48-46(47-40)38-22-12-24-43-45(38)44-32(21-11-23-42(44)49-43)31-25-26-37-35-19-8-7-17-33(35)34-18-9-10-20-36(34)39(37)27-31/h1-28H. The van der Waals surface area contributed by atoms with E-state index in [9.17, 15) is 0 Å². The van der Waals surface area contributed by atoms with Crippen LogP contribution >= 0.6 is 11.3 Å². The smallest absolute Gasteiger partial charge is 0.161 e. The van der Waals surface area contributed by atoms with Crippen LogP contribution in [0.25, 0.3) is 97.5 Å². The summed E-state index contributed by atoms with van der Waals surface area (Å²) in [5.41, 5.74) is 7.44. The van der Waals surface area contributed by atoms with E-state index >= 15 is 0 Å². The Balaban J connectivity index is 1.25. The van der Waals surface area contributed by atoms with Crippen LogP contribution in [0.15, 0.2) is 170 Å². The van der Waals surface area contributed by atoms with Crippen LogP contribution in [-0.4, -0.2) is 9.97 Å². The van der Waals surface area contributed by atoms with Gasteiger partial charge in [-0.05, 0) is 67.7 Å². The lowest BCUT2D eigenvalue weighted by molar-refractivity contribution is 1.19. The van der Waals surface area contributed by atoms with Crippen LogP contribution in [0.1, 0.15) is 0 Å². The molecule has 0 aliphatic heterocycles. The molecule has 8 aromatic carbocycles. The van der Waals surface area contributed by atoms with E-state index in [0.717, 1.165) is 33.9 Å². The van der Waals surface area contributed by atoms with Crippen molar-refractivity contribution in [2.75, 3.05) is 0 Å². The van der Waals surface area contributed by atoms with Gasteiger partial charge in [0.25, 0.3) is 0 Å². The zero-order valence-electron chi connectivity index (χ0n) is 26.5. The lowest BCUT2D eigenvalue weighted by Crippen LogP contribution is -1.96. The van der Waals surface area contributed by atoms with Crippen LogP contribution in [0.5, 0.6) is 0 Å². The molecule has 49 heavy (non-hydrogen) atoms. The van der Waals surface area contributed by atoms with Gasteiger partial charge in [-0.15, -0.1) is 11.3 Å². The Morgan fingerprint density at radius 1 is 0.327 bits per heavy atom. The summed E-state index contributed by atoms with van der Waals surface area (Å²) in [5, 5.41) is 10.1. The fraction of sp³-hybridized carbons (Fsp3) is 0. The molecule has 0 amide bonds. The molecule has 228 valence electrons. The van der Waals surface area contributed by atoms with Crippen molar-refractivity contribution in [3.8, 4) is 45.0 Å². The third-order valence-corrected chi connectivity index (χ3v) is 10.8. The largest absolute Gasteiger partial charge is 0.228 e. The van der Waals surface area contributed by atoms with Gasteiger partial charge in [-0.3, -0.25) is 0 Å². The maximum absolute atomic E-state index is 5.24. The van der Waals surface area contributed by atoms with Crippen LogP contribution in [0.2, 0.25) is 0 Å². The minimum Gasteiger partial charge on any atom is -0.228 e. The molecule has 2 nitrogen and oxygen atoms in total. The fourth-order valence-corrected chi connectivity index (χ4v) is 8.61. The van der Waals surface area contributed by atoms with Gasteiger partial charge in [0, 0.05) is 36.9 Å². The molecule has 10 aromatic rings. The van der Waals surface area contributed by atoms with Crippen LogP contribution in [-0.2, 0) is 0 Å². The van der Waals surface area contributed by atoms with Crippen molar-refractivity contribution in [3.05, 3.63) is 170 Å². The van der Waals surface area contributed by atoms with E-state index in [0.29, 0.717) is 0 Å². The molecule has 0 fully saturated rings. The molecule has 0 aliphatic carbocycles. The molecular weight excluding hydrogens is 613 g/mol. The molecular formula is C46H28N2S. The molecule has 10 rings (SSSR count). The predicted octanol–water partition coefficient (Wildman–Crippen LogP) is 13.0. The molecule has 0 aliphatic rings. The van der Waals surface area contributed by atoms with E-state index in [4.69, 9.17) is 9.97 Å². The molecule has 0 spiro atoms. The molecule has 0 atom stereocenters. The third kappa shape index (κ3) is 4.55. The normalized spacial score (nSPS) is 11.7. The maximum Gasteiger partial charge on any atom is 0.161 e. The Labute approximate surface area is 287 Å². The van der Waals surface area contributed by atoms with Gasteiger partial charge in [0.05, 0.1) is 11.4 Å². The first kappa shape index (κ1) is 27.9. The number of fused-ring (bicyclic) bond motifs is 9. The number of nitrogens with zero attached hydrogens (tertiary/aromatic N) is 2. The monoisotopic (exact) mass is 640 g/mol. The summed E-state index contributed by atoms with van der Waals surface area (Å²) in [6.07, 6.45) is 0. The highest BCUT2D eigenvalue weighted by molar-refractivity contribution is 7.26. The van der Waals surface area contributed by atoms with Gasteiger partial charge in [0.15, 0.2) is 5.82 Å². The lowest BCUT2D eigenvalue weighted by Gasteiger charge is -2.13. The van der Waals surface area contributed by atoms with Gasteiger partial charge in [-0.2, -0.15) is 0 Å². The quantitative estimate of drug-likeness (QED) is 0.179. The molecule has 2 aromatic heterocycles. The number of benzene rings is 8. The zero-order chi connectivity index (χ0) is 32.3. The molecule has 2 heterocycles. The van der Waals surface area contributed by atoms with E-state index in [1.807, 2.05) is 23.5 Å². The number of hydrogen-bond donors (Lipinski definition) is 0. The summed E-state index contributed by atoms with van der Waals surface area (Å²) < 4.78 is 2.48. The minimum atomic E-state index is 0.733.